The number of nitrogens with one attached hydrogen (secondary N) is 1. The van der Waals surface area contributed by atoms with Crippen molar-refractivity contribution in [3.8, 4) is 5.75 Å². The lowest BCUT2D eigenvalue weighted by Gasteiger charge is -2.03. The molecule has 0 radical (unpaired) electrons. The first-order chi connectivity index (χ1) is 6.06. The quantitative estimate of drug-likeness (QED) is 0.793. The van der Waals surface area contributed by atoms with Gasteiger partial charge in [-0.2, -0.15) is 0 Å². The first-order valence-electron chi connectivity index (χ1n) is 3.46. The van der Waals surface area contributed by atoms with Crippen LogP contribution in [-0.4, -0.2) is 18.1 Å². The number of hydrogen-bond acceptors (Lipinski definition) is 2. The number of carbonyl (C=O) groups is 1. The van der Waals surface area contributed by atoms with Gasteiger partial charge in [0, 0.05) is 7.05 Å². The molecule has 0 unspecified atom stereocenters. The van der Waals surface area contributed by atoms with Crippen LogP contribution in [0.1, 0.15) is 10.4 Å². The van der Waals surface area contributed by atoms with Gasteiger partial charge in [0.15, 0.2) is 0 Å². The monoisotopic (exact) mass is 247 g/mol. The minimum absolute atomic E-state index is 0.167. The van der Waals surface area contributed by atoms with E-state index >= 15 is 0 Å². The Morgan fingerprint density at radius 2 is 2.23 bits per heavy atom. The van der Waals surface area contributed by atoms with Crippen LogP contribution < -0.4 is 5.32 Å². The molecule has 1 aromatic carbocycles. The molecule has 1 amide bonds. The van der Waals surface area contributed by atoms with Crippen molar-refractivity contribution in [2.45, 2.75) is 0 Å². The molecule has 2 N–H and O–H groups in total. The first kappa shape index (κ1) is 9.98. The molecule has 0 saturated heterocycles. The van der Waals surface area contributed by atoms with E-state index in [0.29, 0.717) is 0 Å². The van der Waals surface area contributed by atoms with Crippen molar-refractivity contribution < 1.29 is 14.3 Å². The Bertz CT molecular complexity index is 354. The Hall–Kier alpha value is -1.10. The molecule has 5 heteroatoms. The molecule has 1 aromatic rings. The third kappa shape index (κ3) is 1.98. The van der Waals surface area contributed by atoms with Gasteiger partial charge in [-0.1, -0.05) is 0 Å². The molecule has 0 aliphatic carbocycles. The molecule has 3 nitrogen and oxygen atoms in total. The Morgan fingerprint density at radius 3 is 2.77 bits per heavy atom. The molecule has 0 fully saturated rings. The van der Waals surface area contributed by atoms with E-state index in [9.17, 15) is 14.3 Å². The van der Waals surface area contributed by atoms with Gasteiger partial charge in [0.2, 0.25) is 0 Å². The van der Waals surface area contributed by atoms with Crippen molar-refractivity contribution in [1.29, 1.82) is 0 Å². The highest BCUT2D eigenvalue weighted by molar-refractivity contribution is 9.10. The first-order valence-corrected chi connectivity index (χ1v) is 4.25. The third-order valence-electron chi connectivity index (χ3n) is 1.51. The highest BCUT2D eigenvalue weighted by atomic mass is 79.9. The van der Waals surface area contributed by atoms with Gasteiger partial charge < -0.3 is 10.4 Å². The molecular formula is C8H7BrFNO2. The fourth-order valence-corrected chi connectivity index (χ4v) is 1.16. The van der Waals surface area contributed by atoms with Gasteiger partial charge in [-0.05, 0) is 28.1 Å². The molecule has 13 heavy (non-hydrogen) atoms. The van der Waals surface area contributed by atoms with Gasteiger partial charge in [-0.15, -0.1) is 0 Å². The van der Waals surface area contributed by atoms with E-state index in [4.69, 9.17) is 0 Å². The second-order valence-electron chi connectivity index (χ2n) is 2.36. The third-order valence-corrected chi connectivity index (χ3v) is 2.14. The summed E-state index contributed by atoms with van der Waals surface area (Å²) in [5.41, 5.74) is -0.178. The number of benzene rings is 1. The van der Waals surface area contributed by atoms with Crippen LogP contribution in [0.25, 0.3) is 0 Å². The molecule has 0 aliphatic heterocycles. The maximum atomic E-state index is 13.1. The second kappa shape index (κ2) is 3.74. The Labute approximate surface area is 82.7 Å². The van der Waals surface area contributed by atoms with Crippen LogP contribution in [0.3, 0.4) is 0 Å². The van der Waals surface area contributed by atoms with E-state index in [1.54, 1.807) is 0 Å². The summed E-state index contributed by atoms with van der Waals surface area (Å²) in [7, 11) is 1.39. The number of rotatable bonds is 1. The van der Waals surface area contributed by atoms with Crippen molar-refractivity contribution in [3.05, 3.63) is 28.0 Å². The zero-order valence-corrected chi connectivity index (χ0v) is 8.35. The van der Waals surface area contributed by atoms with E-state index in [0.717, 1.165) is 12.1 Å². The number of phenols is 1. The smallest absolute Gasteiger partial charge is 0.254 e. The fraction of sp³-hybridized carbons (Fsp3) is 0.125. The van der Waals surface area contributed by atoms with Crippen molar-refractivity contribution in [2.75, 3.05) is 7.05 Å². The topological polar surface area (TPSA) is 49.3 Å². The molecule has 0 spiro atoms. The van der Waals surface area contributed by atoms with E-state index in [1.165, 1.54) is 7.05 Å². The minimum Gasteiger partial charge on any atom is -0.507 e. The van der Waals surface area contributed by atoms with Gasteiger partial charge in [0.25, 0.3) is 5.91 Å². The Kier molecular flexibility index (Phi) is 2.87. The standard InChI is InChI=1S/C8H7BrFNO2/c1-11-8(13)4-2-7(12)5(9)3-6(4)10/h2-3,12H,1H3,(H,11,13). The zero-order chi connectivity index (χ0) is 10.0. The zero-order valence-electron chi connectivity index (χ0n) is 6.77. The molecule has 0 atom stereocenters. The predicted molar refractivity (Wildman–Crippen MR) is 49.2 cm³/mol. The van der Waals surface area contributed by atoms with E-state index < -0.39 is 11.7 Å². The Balaban J connectivity index is 3.23. The molecule has 0 saturated carbocycles. The van der Waals surface area contributed by atoms with Crippen molar-refractivity contribution in [1.82, 2.24) is 5.32 Å². The average Bonchev–Trinajstić information content (AvgIpc) is 2.10. The average molecular weight is 248 g/mol. The predicted octanol–water partition coefficient (Wildman–Crippen LogP) is 1.65. The normalized spacial score (nSPS) is 9.77. The summed E-state index contributed by atoms with van der Waals surface area (Å²) in [6.07, 6.45) is 0. The lowest BCUT2D eigenvalue weighted by Crippen LogP contribution is -2.19. The number of amides is 1. The van der Waals surface area contributed by atoms with Crippen LogP contribution in [-0.2, 0) is 0 Å². The second-order valence-corrected chi connectivity index (χ2v) is 3.22. The van der Waals surface area contributed by atoms with E-state index in [-0.39, 0.29) is 15.8 Å². The van der Waals surface area contributed by atoms with Crippen LogP contribution in [0, 0.1) is 5.82 Å². The summed E-state index contributed by atoms with van der Waals surface area (Å²) in [6, 6.07) is 2.11. The summed E-state index contributed by atoms with van der Waals surface area (Å²) in [5.74, 6) is -1.41. The Morgan fingerprint density at radius 1 is 1.62 bits per heavy atom. The number of aromatic hydroxyl groups is 1. The summed E-state index contributed by atoms with van der Waals surface area (Å²) in [5, 5.41) is 11.4. The van der Waals surface area contributed by atoms with Crippen LogP contribution in [0.4, 0.5) is 4.39 Å². The summed E-state index contributed by atoms with van der Waals surface area (Å²) in [4.78, 5) is 11.0. The van der Waals surface area contributed by atoms with Gasteiger partial charge >= 0.3 is 0 Å². The molecule has 0 aliphatic rings. The molecule has 0 heterocycles. The number of carbonyl (C=O) groups excluding carboxylic acids is 1. The van der Waals surface area contributed by atoms with Crippen LogP contribution in [0.5, 0.6) is 5.75 Å². The van der Waals surface area contributed by atoms with Gasteiger partial charge in [0.1, 0.15) is 11.6 Å². The fourth-order valence-electron chi connectivity index (χ4n) is 0.846. The number of hydrogen-bond donors (Lipinski definition) is 2. The molecule has 70 valence electrons. The largest absolute Gasteiger partial charge is 0.507 e. The lowest BCUT2D eigenvalue weighted by atomic mass is 10.2. The highest BCUT2D eigenvalue weighted by Gasteiger charge is 2.12. The van der Waals surface area contributed by atoms with Crippen LogP contribution in [0.15, 0.2) is 16.6 Å². The summed E-state index contributed by atoms with van der Waals surface area (Å²) >= 11 is 2.93. The van der Waals surface area contributed by atoms with Crippen molar-refractivity contribution in [3.63, 3.8) is 0 Å². The molecule has 0 aromatic heterocycles. The SMILES string of the molecule is CNC(=O)c1cc(O)c(Br)cc1F. The van der Waals surface area contributed by atoms with Gasteiger partial charge in [0.05, 0.1) is 10.0 Å². The summed E-state index contributed by atoms with van der Waals surface area (Å²) in [6.45, 7) is 0. The molecule has 0 bridgehead atoms. The molecule has 1 rings (SSSR count). The van der Waals surface area contributed by atoms with Crippen molar-refractivity contribution >= 4 is 21.8 Å². The van der Waals surface area contributed by atoms with Crippen molar-refractivity contribution in [2.24, 2.45) is 0 Å². The molecular weight excluding hydrogens is 241 g/mol. The lowest BCUT2D eigenvalue weighted by molar-refractivity contribution is 0.0958. The van der Waals surface area contributed by atoms with Gasteiger partial charge in [-0.25, -0.2) is 4.39 Å². The number of halogens is 2. The minimum atomic E-state index is -0.677. The van der Waals surface area contributed by atoms with Crippen LogP contribution in [0.2, 0.25) is 0 Å². The van der Waals surface area contributed by atoms with Gasteiger partial charge in [-0.3, -0.25) is 4.79 Å². The van der Waals surface area contributed by atoms with E-state index in [1.807, 2.05) is 0 Å². The van der Waals surface area contributed by atoms with E-state index in [2.05, 4.69) is 21.2 Å². The highest BCUT2D eigenvalue weighted by Crippen LogP contribution is 2.26. The van der Waals surface area contributed by atoms with Crippen LogP contribution >= 0.6 is 15.9 Å². The maximum Gasteiger partial charge on any atom is 0.254 e. The summed E-state index contributed by atoms with van der Waals surface area (Å²) < 4.78 is 13.3. The maximum absolute atomic E-state index is 13.1. The number of phenolic OH excluding ortho intramolecular Hbond substituents is 1.